The number of hydrogen-bond acceptors (Lipinski definition) is 6. The Bertz CT molecular complexity index is 583. The van der Waals surface area contributed by atoms with Crippen molar-refractivity contribution in [3.8, 4) is 6.01 Å². The van der Waals surface area contributed by atoms with Crippen LogP contribution in [0.2, 0.25) is 5.15 Å². The number of aromatic nitrogens is 2. The molecule has 1 fully saturated rings. The molecule has 134 valence electrons. The lowest BCUT2D eigenvalue weighted by molar-refractivity contribution is 0.0201. The molecule has 1 aliphatic heterocycles. The number of carbonyl (C=O) groups is 1. The third-order valence-corrected chi connectivity index (χ3v) is 4.05. The van der Waals surface area contributed by atoms with E-state index in [1.54, 1.807) is 18.0 Å². The maximum Gasteiger partial charge on any atom is 0.410 e. The highest BCUT2D eigenvalue weighted by Gasteiger charge is 2.29. The molecule has 7 nitrogen and oxygen atoms in total. The van der Waals surface area contributed by atoms with E-state index < -0.39 is 5.60 Å². The van der Waals surface area contributed by atoms with Crippen molar-refractivity contribution in [3.63, 3.8) is 0 Å². The van der Waals surface area contributed by atoms with Gasteiger partial charge in [-0.1, -0.05) is 11.6 Å². The molecular weight excluding hydrogens is 332 g/mol. The molecule has 0 N–H and O–H groups in total. The summed E-state index contributed by atoms with van der Waals surface area (Å²) in [6.07, 6.45) is 1.38. The van der Waals surface area contributed by atoms with Crippen molar-refractivity contribution in [2.75, 3.05) is 32.1 Å². The minimum atomic E-state index is -0.486. The van der Waals surface area contributed by atoms with Gasteiger partial charge >= 0.3 is 12.1 Å². The normalized spacial score (nSPS) is 16.0. The summed E-state index contributed by atoms with van der Waals surface area (Å²) in [6.45, 7) is 7.15. The van der Waals surface area contributed by atoms with E-state index in [0.29, 0.717) is 5.15 Å². The van der Waals surface area contributed by atoms with Crippen LogP contribution in [0.1, 0.15) is 33.6 Å². The Morgan fingerprint density at radius 2 is 1.96 bits per heavy atom. The Labute approximate surface area is 147 Å². The van der Waals surface area contributed by atoms with Crippen molar-refractivity contribution in [2.45, 2.75) is 45.3 Å². The summed E-state index contributed by atoms with van der Waals surface area (Å²) in [5.41, 5.74) is -0.486. The Hall–Kier alpha value is -1.76. The van der Waals surface area contributed by atoms with E-state index in [1.165, 1.54) is 7.11 Å². The van der Waals surface area contributed by atoms with E-state index in [1.807, 2.05) is 20.8 Å². The predicted molar refractivity (Wildman–Crippen MR) is 92.8 cm³/mol. The fourth-order valence-electron chi connectivity index (χ4n) is 2.60. The second-order valence-corrected chi connectivity index (χ2v) is 7.23. The zero-order chi connectivity index (χ0) is 17.9. The minimum Gasteiger partial charge on any atom is -0.467 e. The number of anilines is 1. The summed E-state index contributed by atoms with van der Waals surface area (Å²) in [5.74, 6) is 0.741. The van der Waals surface area contributed by atoms with Crippen molar-refractivity contribution in [1.29, 1.82) is 0 Å². The number of rotatable bonds is 3. The fraction of sp³-hybridized carbons (Fsp3) is 0.688. The number of ether oxygens (including phenoxy) is 2. The average molecular weight is 357 g/mol. The maximum absolute atomic E-state index is 12.2. The molecule has 1 saturated heterocycles. The van der Waals surface area contributed by atoms with Gasteiger partial charge in [-0.25, -0.2) is 4.79 Å². The standard InChI is InChI=1S/C16H25ClN4O3/c1-16(2,3)24-15(22)20(4)11-6-8-21(9-7-11)13-10-12(17)18-14(19-13)23-5/h10-11H,6-9H2,1-5H3. The second-order valence-electron chi connectivity index (χ2n) is 6.85. The molecule has 0 spiro atoms. The van der Waals surface area contributed by atoms with E-state index in [9.17, 15) is 4.79 Å². The van der Waals surface area contributed by atoms with Crippen LogP contribution in [0.5, 0.6) is 6.01 Å². The van der Waals surface area contributed by atoms with E-state index in [0.717, 1.165) is 31.7 Å². The topological polar surface area (TPSA) is 67.8 Å². The van der Waals surface area contributed by atoms with Crippen LogP contribution in [0.25, 0.3) is 0 Å². The number of nitrogens with zero attached hydrogens (tertiary/aromatic N) is 4. The molecule has 24 heavy (non-hydrogen) atoms. The first-order valence-corrected chi connectivity index (χ1v) is 8.37. The molecule has 1 aromatic rings. The molecule has 8 heteroatoms. The lowest BCUT2D eigenvalue weighted by atomic mass is 10.0. The van der Waals surface area contributed by atoms with Crippen molar-refractivity contribution >= 4 is 23.5 Å². The molecule has 0 atom stereocenters. The van der Waals surface area contributed by atoms with Gasteiger partial charge in [-0.05, 0) is 33.6 Å². The van der Waals surface area contributed by atoms with Crippen molar-refractivity contribution < 1.29 is 14.3 Å². The molecule has 0 aromatic carbocycles. The van der Waals surface area contributed by atoms with Crippen LogP contribution in [0.3, 0.4) is 0 Å². The number of hydrogen-bond donors (Lipinski definition) is 0. The van der Waals surface area contributed by atoms with Crippen LogP contribution in [-0.2, 0) is 4.74 Å². The summed E-state index contributed by atoms with van der Waals surface area (Å²) < 4.78 is 10.5. The van der Waals surface area contributed by atoms with Crippen LogP contribution in [0, 0.1) is 0 Å². The predicted octanol–water partition coefficient (Wildman–Crippen LogP) is 2.97. The molecular formula is C16H25ClN4O3. The van der Waals surface area contributed by atoms with Crippen molar-refractivity contribution in [1.82, 2.24) is 14.9 Å². The molecule has 1 aliphatic rings. The van der Waals surface area contributed by atoms with E-state index >= 15 is 0 Å². The van der Waals surface area contributed by atoms with Crippen molar-refractivity contribution in [3.05, 3.63) is 11.2 Å². The molecule has 1 amide bonds. The zero-order valence-corrected chi connectivity index (χ0v) is 15.6. The molecule has 0 unspecified atom stereocenters. The Balaban J connectivity index is 1.96. The number of carbonyl (C=O) groups excluding carboxylic acids is 1. The molecule has 1 aromatic heterocycles. The van der Waals surface area contributed by atoms with Crippen LogP contribution >= 0.6 is 11.6 Å². The number of piperidine rings is 1. The van der Waals surface area contributed by atoms with E-state index in [-0.39, 0.29) is 18.1 Å². The van der Waals surface area contributed by atoms with Gasteiger partial charge in [0.05, 0.1) is 7.11 Å². The molecule has 0 radical (unpaired) electrons. The number of halogens is 1. The first kappa shape index (κ1) is 18.6. The first-order chi connectivity index (χ1) is 11.2. The largest absolute Gasteiger partial charge is 0.467 e. The van der Waals surface area contributed by atoms with Crippen LogP contribution in [0.15, 0.2) is 6.07 Å². The summed E-state index contributed by atoms with van der Waals surface area (Å²) >= 11 is 6.00. The second kappa shape index (κ2) is 7.42. The Morgan fingerprint density at radius 3 is 2.50 bits per heavy atom. The molecule has 2 rings (SSSR count). The Morgan fingerprint density at radius 1 is 1.33 bits per heavy atom. The van der Waals surface area contributed by atoms with Gasteiger partial charge in [-0.15, -0.1) is 0 Å². The number of methoxy groups -OCH3 is 1. The lowest BCUT2D eigenvalue weighted by Gasteiger charge is -2.37. The summed E-state index contributed by atoms with van der Waals surface area (Å²) in [6, 6.07) is 2.13. The number of amides is 1. The van der Waals surface area contributed by atoms with Gasteiger partial charge in [0, 0.05) is 32.2 Å². The van der Waals surface area contributed by atoms with Gasteiger partial charge in [0.15, 0.2) is 0 Å². The van der Waals surface area contributed by atoms with E-state index in [2.05, 4.69) is 14.9 Å². The highest BCUT2D eigenvalue weighted by atomic mass is 35.5. The monoisotopic (exact) mass is 356 g/mol. The first-order valence-electron chi connectivity index (χ1n) is 7.99. The highest BCUT2D eigenvalue weighted by molar-refractivity contribution is 6.29. The molecule has 0 aliphatic carbocycles. The van der Waals surface area contributed by atoms with Gasteiger partial charge < -0.3 is 19.3 Å². The van der Waals surface area contributed by atoms with E-state index in [4.69, 9.17) is 21.1 Å². The lowest BCUT2D eigenvalue weighted by Crippen LogP contribution is -2.47. The molecule has 0 saturated carbocycles. The smallest absolute Gasteiger partial charge is 0.410 e. The van der Waals surface area contributed by atoms with Gasteiger partial charge in [0.25, 0.3) is 0 Å². The quantitative estimate of drug-likeness (QED) is 0.775. The summed E-state index contributed by atoms with van der Waals surface area (Å²) in [4.78, 5) is 24.3. The van der Waals surface area contributed by atoms with Gasteiger partial charge in [0.2, 0.25) is 0 Å². The van der Waals surface area contributed by atoms with Crippen LogP contribution in [-0.4, -0.2) is 59.9 Å². The Kier molecular flexibility index (Phi) is 5.74. The van der Waals surface area contributed by atoms with Crippen molar-refractivity contribution in [2.24, 2.45) is 0 Å². The van der Waals surface area contributed by atoms with Gasteiger partial charge in [0.1, 0.15) is 16.6 Å². The highest BCUT2D eigenvalue weighted by Crippen LogP contribution is 2.24. The third kappa shape index (κ3) is 4.87. The molecule has 0 bridgehead atoms. The maximum atomic E-state index is 12.2. The third-order valence-electron chi connectivity index (χ3n) is 3.86. The minimum absolute atomic E-state index is 0.148. The summed E-state index contributed by atoms with van der Waals surface area (Å²) in [5, 5.41) is 0.352. The summed E-state index contributed by atoms with van der Waals surface area (Å²) in [7, 11) is 3.30. The van der Waals surface area contributed by atoms with Crippen LogP contribution in [0.4, 0.5) is 10.6 Å². The molecule has 2 heterocycles. The average Bonchev–Trinajstić information content (AvgIpc) is 2.52. The zero-order valence-electron chi connectivity index (χ0n) is 14.9. The SMILES string of the molecule is COc1nc(Cl)cc(N2CCC(N(C)C(=O)OC(C)(C)C)CC2)n1. The van der Waals surface area contributed by atoms with Gasteiger partial charge in [-0.2, -0.15) is 9.97 Å². The van der Waals surface area contributed by atoms with Gasteiger partial charge in [-0.3, -0.25) is 0 Å². The van der Waals surface area contributed by atoms with Crippen LogP contribution < -0.4 is 9.64 Å². The fourth-order valence-corrected chi connectivity index (χ4v) is 2.77.